The van der Waals surface area contributed by atoms with Crippen molar-refractivity contribution in [2.75, 3.05) is 32.7 Å². The van der Waals surface area contributed by atoms with E-state index in [1.165, 1.54) is 0 Å². The molecule has 3 heterocycles. The van der Waals surface area contributed by atoms with Gasteiger partial charge in [-0.3, -0.25) is 4.90 Å². The number of hydrogen-bond acceptors (Lipinski definition) is 6. The predicted octanol–water partition coefficient (Wildman–Crippen LogP) is 3.00. The van der Waals surface area contributed by atoms with Gasteiger partial charge in [0.05, 0.1) is 11.4 Å². The van der Waals surface area contributed by atoms with Gasteiger partial charge in [0.1, 0.15) is 12.3 Å². The first kappa shape index (κ1) is 22.7. The lowest BCUT2D eigenvalue weighted by Crippen LogP contribution is -2.52. The SMILES string of the molecule is CCNC(=NCc1cc(C(C)C)no1)N1CCN(Cc2cc(C)on2)CC1.I. The average Bonchev–Trinajstić information content (AvgIpc) is 3.28. The van der Waals surface area contributed by atoms with Crippen molar-refractivity contribution < 1.29 is 9.05 Å². The molecule has 2 aromatic rings. The highest BCUT2D eigenvalue weighted by atomic mass is 127. The average molecular weight is 502 g/mol. The summed E-state index contributed by atoms with van der Waals surface area (Å²) in [6, 6.07) is 4.00. The van der Waals surface area contributed by atoms with E-state index < -0.39 is 0 Å². The highest BCUT2D eigenvalue weighted by molar-refractivity contribution is 14.0. The van der Waals surface area contributed by atoms with Crippen molar-refractivity contribution in [2.45, 2.75) is 46.7 Å². The van der Waals surface area contributed by atoms with Crippen LogP contribution in [0.3, 0.4) is 0 Å². The minimum absolute atomic E-state index is 0. The van der Waals surface area contributed by atoms with Gasteiger partial charge in [-0.25, -0.2) is 4.99 Å². The number of nitrogens with zero attached hydrogens (tertiary/aromatic N) is 5. The minimum atomic E-state index is 0. The summed E-state index contributed by atoms with van der Waals surface area (Å²) in [5.41, 5.74) is 1.97. The van der Waals surface area contributed by atoms with Gasteiger partial charge in [-0.05, 0) is 19.8 Å². The van der Waals surface area contributed by atoms with Crippen LogP contribution in [-0.4, -0.2) is 58.8 Å². The van der Waals surface area contributed by atoms with Crippen LogP contribution >= 0.6 is 24.0 Å². The maximum Gasteiger partial charge on any atom is 0.194 e. The van der Waals surface area contributed by atoms with E-state index in [1.54, 1.807) is 0 Å². The van der Waals surface area contributed by atoms with E-state index in [4.69, 9.17) is 14.0 Å². The summed E-state index contributed by atoms with van der Waals surface area (Å²) in [5.74, 6) is 2.95. The molecule has 1 aliphatic heterocycles. The normalized spacial score (nSPS) is 15.8. The van der Waals surface area contributed by atoms with Crippen LogP contribution in [0.2, 0.25) is 0 Å². The topological polar surface area (TPSA) is 82.9 Å². The Kier molecular flexibility index (Phi) is 8.74. The first-order valence-corrected chi connectivity index (χ1v) is 9.68. The van der Waals surface area contributed by atoms with Gasteiger partial charge >= 0.3 is 0 Å². The molecule has 1 N–H and O–H groups in total. The number of aliphatic imine (C=N–C) groups is 1. The van der Waals surface area contributed by atoms with Gasteiger partial charge in [0.2, 0.25) is 0 Å². The summed E-state index contributed by atoms with van der Waals surface area (Å²) in [7, 11) is 0. The van der Waals surface area contributed by atoms with Crippen molar-refractivity contribution in [1.82, 2.24) is 25.4 Å². The number of guanidine groups is 1. The summed E-state index contributed by atoms with van der Waals surface area (Å²) in [5, 5.41) is 11.6. The molecule has 0 unspecified atom stereocenters. The first-order chi connectivity index (χ1) is 13.0. The highest BCUT2D eigenvalue weighted by Gasteiger charge is 2.20. The fraction of sp³-hybridized carbons (Fsp3) is 0.632. The molecule has 0 saturated carbocycles. The van der Waals surface area contributed by atoms with Crippen molar-refractivity contribution >= 4 is 29.9 Å². The Balaban J connectivity index is 0.00000280. The lowest BCUT2D eigenvalue weighted by Gasteiger charge is -2.36. The van der Waals surface area contributed by atoms with Crippen LogP contribution in [0.25, 0.3) is 0 Å². The molecule has 0 aliphatic carbocycles. The summed E-state index contributed by atoms with van der Waals surface area (Å²) in [6.45, 7) is 14.2. The van der Waals surface area contributed by atoms with Gasteiger partial charge in [-0.15, -0.1) is 24.0 Å². The maximum atomic E-state index is 5.40. The zero-order valence-electron chi connectivity index (χ0n) is 17.1. The van der Waals surface area contributed by atoms with Crippen LogP contribution in [-0.2, 0) is 13.1 Å². The summed E-state index contributed by atoms with van der Waals surface area (Å²) >= 11 is 0. The quantitative estimate of drug-likeness (QED) is 0.370. The second-order valence-electron chi connectivity index (χ2n) is 7.24. The van der Waals surface area contributed by atoms with Crippen molar-refractivity contribution in [3.63, 3.8) is 0 Å². The predicted molar refractivity (Wildman–Crippen MR) is 119 cm³/mol. The van der Waals surface area contributed by atoms with Crippen LogP contribution in [0.15, 0.2) is 26.2 Å². The van der Waals surface area contributed by atoms with E-state index in [9.17, 15) is 0 Å². The molecule has 156 valence electrons. The third-order valence-corrected chi connectivity index (χ3v) is 4.62. The van der Waals surface area contributed by atoms with Crippen LogP contribution in [0.1, 0.15) is 49.6 Å². The Bertz CT molecular complexity index is 749. The number of aromatic nitrogens is 2. The zero-order valence-corrected chi connectivity index (χ0v) is 19.5. The van der Waals surface area contributed by atoms with Crippen molar-refractivity contribution in [1.29, 1.82) is 0 Å². The number of rotatable bonds is 6. The molecule has 0 amide bonds. The molecule has 0 aromatic carbocycles. The monoisotopic (exact) mass is 502 g/mol. The smallest absolute Gasteiger partial charge is 0.194 e. The molecule has 0 spiro atoms. The van der Waals surface area contributed by atoms with Crippen LogP contribution < -0.4 is 5.32 Å². The van der Waals surface area contributed by atoms with E-state index in [2.05, 4.69) is 46.2 Å². The van der Waals surface area contributed by atoms with Gasteiger partial charge < -0.3 is 19.3 Å². The molecule has 1 saturated heterocycles. The Labute approximate surface area is 183 Å². The van der Waals surface area contributed by atoms with E-state index in [0.717, 1.165) is 68.1 Å². The first-order valence-electron chi connectivity index (χ1n) is 9.68. The Morgan fingerprint density at radius 2 is 1.93 bits per heavy atom. The maximum absolute atomic E-state index is 5.40. The molecule has 3 rings (SSSR count). The van der Waals surface area contributed by atoms with Crippen LogP contribution in [0.4, 0.5) is 0 Å². The second-order valence-corrected chi connectivity index (χ2v) is 7.24. The molecule has 1 fully saturated rings. The zero-order chi connectivity index (χ0) is 19.2. The van der Waals surface area contributed by atoms with Crippen molar-refractivity contribution in [3.05, 3.63) is 35.0 Å². The molecule has 2 aromatic heterocycles. The minimum Gasteiger partial charge on any atom is -0.361 e. The molecular formula is C19H31IN6O2. The number of halogens is 1. The molecule has 0 radical (unpaired) electrons. The molecule has 1 aliphatic rings. The lowest BCUT2D eigenvalue weighted by molar-refractivity contribution is 0.169. The third-order valence-electron chi connectivity index (χ3n) is 4.62. The molecule has 0 atom stereocenters. The van der Waals surface area contributed by atoms with E-state index in [0.29, 0.717) is 12.5 Å². The fourth-order valence-corrected chi connectivity index (χ4v) is 3.09. The summed E-state index contributed by atoms with van der Waals surface area (Å²) in [4.78, 5) is 9.44. The highest BCUT2D eigenvalue weighted by Crippen LogP contribution is 2.15. The Morgan fingerprint density at radius 1 is 1.18 bits per heavy atom. The molecular weight excluding hydrogens is 471 g/mol. The molecule has 9 heteroatoms. The largest absolute Gasteiger partial charge is 0.361 e. The Hall–Kier alpha value is -1.62. The Morgan fingerprint density at radius 3 is 2.50 bits per heavy atom. The van der Waals surface area contributed by atoms with Crippen LogP contribution in [0, 0.1) is 6.92 Å². The molecule has 28 heavy (non-hydrogen) atoms. The second kappa shape index (κ2) is 10.8. The van der Waals surface area contributed by atoms with E-state index in [1.807, 2.05) is 19.1 Å². The van der Waals surface area contributed by atoms with Gasteiger partial charge in [0, 0.05) is 51.4 Å². The fourth-order valence-electron chi connectivity index (χ4n) is 3.09. The number of aryl methyl sites for hydroxylation is 1. The summed E-state index contributed by atoms with van der Waals surface area (Å²) < 4.78 is 10.6. The van der Waals surface area contributed by atoms with Gasteiger partial charge in [0.25, 0.3) is 0 Å². The molecule has 8 nitrogen and oxygen atoms in total. The van der Waals surface area contributed by atoms with Gasteiger partial charge in [-0.1, -0.05) is 24.2 Å². The number of piperazine rings is 1. The van der Waals surface area contributed by atoms with Crippen molar-refractivity contribution in [2.24, 2.45) is 4.99 Å². The van der Waals surface area contributed by atoms with Crippen molar-refractivity contribution in [3.8, 4) is 0 Å². The number of hydrogen-bond donors (Lipinski definition) is 1. The lowest BCUT2D eigenvalue weighted by atomic mass is 10.1. The number of nitrogens with one attached hydrogen (secondary N) is 1. The molecule has 0 bridgehead atoms. The van der Waals surface area contributed by atoms with Gasteiger partial charge in [0.15, 0.2) is 11.7 Å². The van der Waals surface area contributed by atoms with Crippen LogP contribution in [0.5, 0.6) is 0 Å². The van der Waals surface area contributed by atoms with E-state index >= 15 is 0 Å². The standard InChI is InChI=1S/C19H30N6O2.HI/c1-5-20-19(21-12-17-11-18(14(2)3)23-27-17)25-8-6-24(7-9-25)13-16-10-15(4)26-22-16;/h10-11,14H,5-9,12-13H2,1-4H3,(H,20,21);1H. The summed E-state index contributed by atoms with van der Waals surface area (Å²) in [6.07, 6.45) is 0. The third kappa shape index (κ3) is 6.20. The van der Waals surface area contributed by atoms with Gasteiger partial charge in [-0.2, -0.15) is 0 Å². The van der Waals surface area contributed by atoms with E-state index in [-0.39, 0.29) is 24.0 Å².